The van der Waals surface area contributed by atoms with Crippen LogP contribution >= 0.6 is 11.6 Å². The van der Waals surface area contributed by atoms with E-state index in [9.17, 15) is 4.79 Å². The standard InChI is InChI=1S/C16H23ClN2O/c1-13(16(20)19-10-6-3-7-11-19)18(2)12-14-8-4-5-9-15(14)17/h4-5,8-9,13H,3,6-7,10-12H2,1-2H3. The van der Waals surface area contributed by atoms with E-state index in [1.54, 1.807) is 0 Å². The van der Waals surface area contributed by atoms with Gasteiger partial charge in [-0.1, -0.05) is 29.8 Å². The summed E-state index contributed by atoms with van der Waals surface area (Å²) in [6.07, 6.45) is 3.51. The van der Waals surface area contributed by atoms with Crippen LogP contribution in [0.1, 0.15) is 31.7 Å². The molecule has 0 radical (unpaired) electrons. The van der Waals surface area contributed by atoms with E-state index in [-0.39, 0.29) is 11.9 Å². The molecule has 0 aliphatic carbocycles. The molecule has 0 bridgehead atoms. The zero-order valence-corrected chi connectivity index (χ0v) is 13.1. The average molecular weight is 295 g/mol. The van der Waals surface area contributed by atoms with Crippen molar-refractivity contribution >= 4 is 17.5 Å². The van der Waals surface area contributed by atoms with Gasteiger partial charge >= 0.3 is 0 Å². The van der Waals surface area contributed by atoms with Gasteiger partial charge in [0, 0.05) is 24.7 Å². The molecule has 1 fully saturated rings. The molecule has 1 aliphatic rings. The van der Waals surface area contributed by atoms with E-state index in [0.717, 1.165) is 36.5 Å². The minimum Gasteiger partial charge on any atom is -0.341 e. The fraction of sp³-hybridized carbons (Fsp3) is 0.562. The minimum atomic E-state index is -0.107. The molecule has 2 rings (SSSR count). The van der Waals surface area contributed by atoms with E-state index in [4.69, 9.17) is 11.6 Å². The quantitative estimate of drug-likeness (QED) is 0.851. The number of likely N-dealkylation sites (N-methyl/N-ethyl adjacent to an activating group) is 1. The first-order chi connectivity index (χ1) is 9.59. The lowest BCUT2D eigenvalue weighted by Crippen LogP contribution is -2.47. The minimum absolute atomic E-state index is 0.107. The number of halogens is 1. The second kappa shape index (κ2) is 7.09. The monoisotopic (exact) mass is 294 g/mol. The Bertz CT molecular complexity index is 458. The van der Waals surface area contributed by atoms with Crippen molar-refractivity contribution in [2.45, 2.75) is 38.8 Å². The highest BCUT2D eigenvalue weighted by molar-refractivity contribution is 6.31. The number of nitrogens with zero attached hydrogens (tertiary/aromatic N) is 2. The lowest BCUT2D eigenvalue weighted by molar-refractivity contribution is -0.137. The van der Waals surface area contributed by atoms with Gasteiger partial charge in [-0.25, -0.2) is 0 Å². The first-order valence-corrected chi connectivity index (χ1v) is 7.70. The Morgan fingerprint density at radius 3 is 2.60 bits per heavy atom. The molecule has 20 heavy (non-hydrogen) atoms. The van der Waals surface area contributed by atoms with Crippen molar-refractivity contribution < 1.29 is 4.79 Å². The zero-order chi connectivity index (χ0) is 14.5. The third kappa shape index (κ3) is 3.74. The van der Waals surface area contributed by atoms with Crippen molar-refractivity contribution in [1.82, 2.24) is 9.80 Å². The third-order valence-corrected chi connectivity index (χ3v) is 4.43. The Morgan fingerprint density at radius 2 is 1.95 bits per heavy atom. The summed E-state index contributed by atoms with van der Waals surface area (Å²) in [5, 5.41) is 0.761. The van der Waals surface area contributed by atoms with Crippen LogP contribution in [0.25, 0.3) is 0 Å². The van der Waals surface area contributed by atoms with Crippen LogP contribution in [0.2, 0.25) is 5.02 Å². The number of piperidine rings is 1. The van der Waals surface area contributed by atoms with Crippen LogP contribution in [-0.4, -0.2) is 41.9 Å². The predicted octanol–water partition coefficient (Wildman–Crippen LogP) is 3.17. The molecule has 0 spiro atoms. The lowest BCUT2D eigenvalue weighted by Gasteiger charge is -2.32. The SMILES string of the molecule is CC(C(=O)N1CCCCC1)N(C)Cc1ccccc1Cl. The molecule has 1 saturated heterocycles. The molecule has 1 atom stereocenters. The maximum Gasteiger partial charge on any atom is 0.239 e. The molecule has 1 heterocycles. The van der Waals surface area contributed by atoms with Crippen molar-refractivity contribution in [3.63, 3.8) is 0 Å². The zero-order valence-electron chi connectivity index (χ0n) is 12.3. The van der Waals surface area contributed by atoms with Crippen LogP contribution in [0.4, 0.5) is 0 Å². The fourth-order valence-corrected chi connectivity index (χ4v) is 2.79. The van der Waals surface area contributed by atoms with E-state index >= 15 is 0 Å². The smallest absolute Gasteiger partial charge is 0.239 e. The number of amides is 1. The van der Waals surface area contributed by atoms with Gasteiger partial charge in [0.05, 0.1) is 6.04 Å². The third-order valence-electron chi connectivity index (χ3n) is 4.06. The van der Waals surface area contributed by atoms with Crippen molar-refractivity contribution in [2.75, 3.05) is 20.1 Å². The summed E-state index contributed by atoms with van der Waals surface area (Å²) in [6, 6.07) is 7.70. The summed E-state index contributed by atoms with van der Waals surface area (Å²) in [7, 11) is 1.98. The molecule has 1 aromatic carbocycles. The maximum absolute atomic E-state index is 12.5. The summed E-state index contributed by atoms with van der Waals surface area (Å²) in [5.74, 6) is 0.235. The maximum atomic E-state index is 12.5. The van der Waals surface area contributed by atoms with E-state index in [0.29, 0.717) is 6.54 Å². The number of benzene rings is 1. The molecule has 110 valence electrons. The van der Waals surface area contributed by atoms with E-state index in [1.165, 1.54) is 6.42 Å². The molecule has 1 unspecified atom stereocenters. The molecule has 1 aromatic rings. The number of carbonyl (C=O) groups excluding carboxylic acids is 1. The van der Waals surface area contributed by atoms with Gasteiger partial charge in [-0.05, 0) is 44.9 Å². The van der Waals surface area contributed by atoms with Gasteiger partial charge in [0.1, 0.15) is 0 Å². The Morgan fingerprint density at radius 1 is 1.30 bits per heavy atom. The normalized spacial score (nSPS) is 17.3. The molecule has 0 saturated carbocycles. The van der Waals surface area contributed by atoms with Crippen molar-refractivity contribution in [3.8, 4) is 0 Å². The number of rotatable bonds is 4. The largest absolute Gasteiger partial charge is 0.341 e. The molecule has 1 aliphatic heterocycles. The van der Waals surface area contributed by atoms with Crippen LogP contribution in [-0.2, 0) is 11.3 Å². The van der Waals surface area contributed by atoms with Gasteiger partial charge in [-0.15, -0.1) is 0 Å². The van der Waals surface area contributed by atoms with Crippen molar-refractivity contribution in [3.05, 3.63) is 34.9 Å². The highest BCUT2D eigenvalue weighted by atomic mass is 35.5. The molecule has 4 heteroatoms. The van der Waals surface area contributed by atoms with Gasteiger partial charge in [-0.3, -0.25) is 9.69 Å². The predicted molar refractivity (Wildman–Crippen MR) is 82.8 cm³/mol. The van der Waals surface area contributed by atoms with Gasteiger partial charge in [-0.2, -0.15) is 0 Å². The van der Waals surface area contributed by atoms with Crippen LogP contribution in [0.5, 0.6) is 0 Å². The second-order valence-corrected chi connectivity index (χ2v) is 5.98. The van der Waals surface area contributed by atoms with E-state index in [2.05, 4.69) is 4.90 Å². The summed E-state index contributed by atoms with van der Waals surface area (Å²) < 4.78 is 0. The number of likely N-dealkylation sites (tertiary alicyclic amines) is 1. The van der Waals surface area contributed by atoms with Gasteiger partial charge in [0.25, 0.3) is 0 Å². The van der Waals surface area contributed by atoms with Crippen LogP contribution < -0.4 is 0 Å². The van der Waals surface area contributed by atoms with Crippen LogP contribution in [0, 0.1) is 0 Å². The first-order valence-electron chi connectivity index (χ1n) is 7.32. The average Bonchev–Trinajstić information content (AvgIpc) is 2.49. The molecular weight excluding hydrogens is 272 g/mol. The van der Waals surface area contributed by atoms with Crippen LogP contribution in [0.15, 0.2) is 24.3 Å². The van der Waals surface area contributed by atoms with Gasteiger partial charge < -0.3 is 4.90 Å². The number of hydrogen-bond acceptors (Lipinski definition) is 2. The topological polar surface area (TPSA) is 23.6 Å². The van der Waals surface area contributed by atoms with E-state index < -0.39 is 0 Å². The summed E-state index contributed by atoms with van der Waals surface area (Å²) >= 11 is 6.18. The highest BCUT2D eigenvalue weighted by Crippen LogP contribution is 2.18. The first kappa shape index (κ1) is 15.3. The van der Waals surface area contributed by atoms with E-state index in [1.807, 2.05) is 43.1 Å². The number of carbonyl (C=O) groups is 1. The Labute approximate surface area is 126 Å². The Balaban J connectivity index is 1.95. The number of hydrogen-bond donors (Lipinski definition) is 0. The summed E-state index contributed by atoms with van der Waals surface area (Å²) in [4.78, 5) is 16.5. The second-order valence-electron chi connectivity index (χ2n) is 5.57. The fourth-order valence-electron chi connectivity index (χ4n) is 2.60. The Hall–Kier alpha value is -1.06. The molecule has 1 amide bonds. The van der Waals surface area contributed by atoms with Crippen molar-refractivity contribution in [2.24, 2.45) is 0 Å². The molecule has 0 N–H and O–H groups in total. The lowest BCUT2D eigenvalue weighted by atomic mass is 10.1. The molecular formula is C16H23ClN2O. The molecule has 0 aromatic heterocycles. The Kier molecular flexibility index (Phi) is 5.44. The van der Waals surface area contributed by atoms with Crippen LogP contribution in [0.3, 0.4) is 0 Å². The van der Waals surface area contributed by atoms with Crippen molar-refractivity contribution in [1.29, 1.82) is 0 Å². The summed E-state index contributed by atoms with van der Waals surface area (Å²) in [5.41, 5.74) is 1.06. The highest BCUT2D eigenvalue weighted by Gasteiger charge is 2.25. The summed E-state index contributed by atoms with van der Waals surface area (Å²) in [6.45, 7) is 4.49. The van der Waals surface area contributed by atoms with Gasteiger partial charge in [0.15, 0.2) is 0 Å². The van der Waals surface area contributed by atoms with Gasteiger partial charge in [0.2, 0.25) is 5.91 Å². The molecule has 3 nitrogen and oxygen atoms in total.